The zero-order valence-electron chi connectivity index (χ0n) is 15.8. The standard InChI is InChI=1S/C19H19F3N4OS/c1-5-28-15-8-11(18(27)25(2)3)6-7-13(15)16-24-14-9-12(19(20,21)22)10-23-17(14)26(16)4/h6-10H,5H2,1-4H3. The number of fused-ring (bicyclic) bond motifs is 1. The zero-order valence-corrected chi connectivity index (χ0v) is 16.6. The molecule has 0 aliphatic heterocycles. The number of pyridine rings is 1. The first-order valence-electron chi connectivity index (χ1n) is 8.52. The molecular formula is C19H19F3N4OS. The molecule has 0 N–H and O–H groups in total. The van der Waals surface area contributed by atoms with Gasteiger partial charge in [0.1, 0.15) is 11.3 Å². The summed E-state index contributed by atoms with van der Waals surface area (Å²) < 4.78 is 40.6. The van der Waals surface area contributed by atoms with Crippen LogP contribution in [0.2, 0.25) is 0 Å². The number of benzene rings is 1. The number of halogens is 3. The molecule has 0 aliphatic carbocycles. The third kappa shape index (κ3) is 3.71. The highest BCUT2D eigenvalue weighted by atomic mass is 32.2. The summed E-state index contributed by atoms with van der Waals surface area (Å²) in [4.78, 5) is 22.9. The second kappa shape index (κ2) is 7.46. The molecule has 2 heterocycles. The van der Waals surface area contributed by atoms with Crippen molar-refractivity contribution in [2.75, 3.05) is 19.8 Å². The largest absolute Gasteiger partial charge is 0.417 e. The summed E-state index contributed by atoms with van der Waals surface area (Å²) >= 11 is 1.54. The van der Waals surface area contributed by atoms with Crippen molar-refractivity contribution in [3.63, 3.8) is 0 Å². The van der Waals surface area contributed by atoms with Gasteiger partial charge in [-0.25, -0.2) is 9.97 Å². The van der Waals surface area contributed by atoms with Crippen molar-refractivity contribution in [1.82, 2.24) is 19.4 Å². The van der Waals surface area contributed by atoms with Crippen LogP contribution in [0.1, 0.15) is 22.8 Å². The Labute approximate surface area is 164 Å². The van der Waals surface area contributed by atoms with E-state index in [1.165, 1.54) is 4.90 Å². The molecule has 2 aromatic heterocycles. The van der Waals surface area contributed by atoms with Gasteiger partial charge in [0.25, 0.3) is 5.91 Å². The van der Waals surface area contributed by atoms with Crippen molar-refractivity contribution in [1.29, 1.82) is 0 Å². The van der Waals surface area contributed by atoms with Crippen LogP contribution in [0.5, 0.6) is 0 Å². The molecular weight excluding hydrogens is 389 g/mol. The fourth-order valence-corrected chi connectivity index (χ4v) is 3.68. The Hall–Kier alpha value is -2.55. The molecule has 0 unspecified atom stereocenters. The van der Waals surface area contributed by atoms with Gasteiger partial charge in [0.05, 0.1) is 5.56 Å². The predicted molar refractivity (Wildman–Crippen MR) is 103 cm³/mol. The van der Waals surface area contributed by atoms with Gasteiger partial charge in [0.15, 0.2) is 5.65 Å². The summed E-state index contributed by atoms with van der Waals surface area (Å²) in [5.41, 5.74) is 0.994. The number of carbonyl (C=O) groups excluding carboxylic acids is 1. The molecule has 28 heavy (non-hydrogen) atoms. The second-order valence-corrected chi connectivity index (χ2v) is 7.71. The molecule has 0 aliphatic rings. The van der Waals surface area contributed by atoms with Crippen LogP contribution >= 0.6 is 11.8 Å². The van der Waals surface area contributed by atoms with Gasteiger partial charge in [-0.15, -0.1) is 11.8 Å². The lowest BCUT2D eigenvalue weighted by Gasteiger charge is -2.14. The van der Waals surface area contributed by atoms with E-state index in [-0.39, 0.29) is 11.4 Å². The van der Waals surface area contributed by atoms with Gasteiger partial charge >= 0.3 is 6.18 Å². The summed E-state index contributed by atoms with van der Waals surface area (Å²) in [7, 11) is 5.07. The summed E-state index contributed by atoms with van der Waals surface area (Å²) in [5, 5.41) is 0. The zero-order chi connectivity index (χ0) is 20.6. The third-order valence-electron chi connectivity index (χ3n) is 4.21. The Morgan fingerprint density at radius 2 is 1.96 bits per heavy atom. The minimum Gasteiger partial charge on any atom is -0.345 e. The molecule has 0 atom stereocenters. The van der Waals surface area contributed by atoms with Gasteiger partial charge in [-0.05, 0) is 30.0 Å². The average molecular weight is 408 g/mol. The average Bonchev–Trinajstić information content (AvgIpc) is 2.96. The molecule has 0 spiro atoms. The van der Waals surface area contributed by atoms with Crippen molar-refractivity contribution >= 4 is 28.8 Å². The molecule has 1 aromatic carbocycles. The van der Waals surface area contributed by atoms with E-state index in [2.05, 4.69) is 9.97 Å². The number of hydrogen-bond donors (Lipinski definition) is 0. The van der Waals surface area contributed by atoms with E-state index in [4.69, 9.17) is 0 Å². The lowest BCUT2D eigenvalue weighted by atomic mass is 10.1. The monoisotopic (exact) mass is 408 g/mol. The summed E-state index contributed by atoms with van der Waals surface area (Å²) in [6, 6.07) is 6.27. The number of aromatic nitrogens is 3. The Balaban J connectivity index is 2.15. The van der Waals surface area contributed by atoms with E-state index in [9.17, 15) is 18.0 Å². The van der Waals surface area contributed by atoms with E-state index in [0.29, 0.717) is 17.0 Å². The third-order valence-corrected chi connectivity index (χ3v) is 5.15. The van der Waals surface area contributed by atoms with Crippen LogP contribution in [0.25, 0.3) is 22.6 Å². The molecule has 0 fully saturated rings. The van der Waals surface area contributed by atoms with Crippen LogP contribution in [0.15, 0.2) is 35.4 Å². The number of alkyl halides is 3. The van der Waals surface area contributed by atoms with Gasteiger partial charge in [-0.3, -0.25) is 4.79 Å². The predicted octanol–water partition coefficient (Wildman–Crippen LogP) is 4.47. The van der Waals surface area contributed by atoms with Crippen LogP contribution in [-0.4, -0.2) is 45.2 Å². The van der Waals surface area contributed by atoms with Gasteiger partial charge in [-0.1, -0.05) is 6.92 Å². The number of amides is 1. The van der Waals surface area contributed by atoms with Gasteiger partial charge in [0, 0.05) is 43.4 Å². The molecule has 3 aromatic rings. The first kappa shape index (κ1) is 20.2. The Bertz CT molecular complexity index is 1040. The van der Waals surface area contributed by atoms with E-state index in [1.54, 1.807) is 55.7 Å². The van der Waals surface area contributed by atoms with Gasteiger partial charge in [0.2, 0.25) is 0 Å². The summed E-state index contributed by atoms with van der Waals surface area (Å²) in [6.45, 7) is 1.99. The summed E-state index contributed by atoms with van der Waals surface area (Å²) in [5.74, 6) is 1.15. The first-order valence-corrected chi connectivity index (χ1v) is 9.50. The van der Waals surface area contributed by atoms with Crippen LogP contribution in [0, 0.1) is 0 Å². The maximum atomic E-state index is 13.0. The smallest absolute Gasteiger partial charge is 0.345 e. The maximum absolute atomic E-state index is 13.0. The highest BCUT2D eigenvalue weighted by Gasteiger charge is 2.32. The van der Waals surface area contributed by atoms with E-state index in [0.717, 1.165) is 28.5 Å². The highest BCUT2D eigenvalue weighted by Crippen LogP contribution is 2.35. The van der Waals surface area contributed by atoms with Crippen molar-refractivity contribution in [2.24, 2.45) is 7.05 Å². The number of nitrogens with zero attached hydrogens (tertiary/aromatic N) is 4. The molecule has 148 valence electrons. The minimum atomic E-state index is -4.48. The van der Waals surface area contributed by atoms with Crippen LogP contribution in [0.3, 0.4) is 0 Å². The number of carbonyl (C=O) groups is 1. The topological polar surface area (TPSA) is 51.0 Å². The second-order valence-electron chi connectivity index (χ2n) is 6.40. The molecule has 3 rings (SSSR count). The molecule has 0 saturated heterocycles. The lowest BCUT2D eigenvalue weighted by Crippen LogP contribution is -2.21. The highest BCUT2D eigenvalue weighted by molar-refractivity contribution is 7.99. The SMILES string of the molecule is CCSc1cc(C(=O)N(C)C)ccc1-c1nc2cc(C(F)(F)F)cnc2n1C. The van der Waals surface area contributed by atoms with Gasteiger partial charge in [-0.2, -0.15) is 13.2 Å². The molecule has 9 heteroatoms. The quantitative estimate of drug-likeness (QED) is 0.598. The number of thioether (sulfide) groups is 1. The van der Waals surface area contributed by atoms with Crippen LogP contribution in [0.4, 0.5) is 13.2 Å². The van der Waals surface area contributed by atoms with Crippen molar-refractivity contribution in [3.05, 3.63) is 41.6 Å². The normalized spacial score (nSPS) is 11.8. The molecule has 5 nitrogen and oxygen atoms in total. The molecule has 0 radical (unpaired) electrons. The van der Waals surface area contributed by atoms with Crippen molar-refractivity contribution in [2.45, 2.75) is 18.0 Å². The molecule has 0 saturated carbocycles. The summed E-state index contributed by atoms with van der Waals surface area (Å²) in [6.07, 6.45) is -3.66. The Morgan fingerprint density at radius 1 is 1.25 bits per heavy atom. The fourth-order valence-electron chi connectivity index (χ4n) is 2.85. The first-order chi connectivity index (χ1) is 13.1. The van der Waals surface area contributed by atoms with E-state index >= 15 is 0 Å². The number of imidazole rings is 1. The maximum Gasteiger partial charge on any atom is 0.417 e. The van der Waals surface area contributed by atoms with Gasteiger partial charge < -0.3 is 9.47 Å². The molecule has 1 amide bonds. The fraction of sp³-hybridized carbons (Fsp3) is 0.316. The van der Waals surface area contributed by atoms with Crippen molar-refractivity contribution < 1.29 is 18.0 Å². The van der Waals surface area contributed by atoms with Crippen LogP contribution in [-0.2, 0) is 13.2 Å². The minimum absolute atomic E-state index is 0.119. The molecule has 0 bridgehead atoms. The number of aryl methyl sites for hydroxylation is 1. The Kier molecular flexibility index (Phi) is 5.38. The number of hydrogen-bond acceptors (Lipinski definition) is 4. The lowest BCUT2D eigenvalue weighted by molar-refractivity contribution is -0.137. The van der Waals surface area contributed by atoms with E-state index in [1.807, 2.05) is 6.92 Å². The van der Waals surface area contributed by atoms with Crippen LogP contribution < -0.4 is 0 Å². The van der Waals surface area contributed by atoms with Crippen molar-refractivity contribution in [3.8, 4) is 11.4 Å². The van der Waals surface area contributed by atoms with E-state index < -0.39 is 11.7 Å². The number of rotatable bonds is 4. The Morgan fingerprint density at radius 3 is 2.57 bits per heavy atom.